The predicted octanol–water partition coefficient (Wildman–Crippen LogP) is 0.889. The van der Waals surface area contributed by atoms with E-state index in [0.717, 1.165) is 4.31 Å². The first-order valence-electron chi connectivity index (χ1n) is 9.02. The SMILES string of the molecule is CN(CC(=O)N1CCN(S(=O)(=O)c2ccc(Cl)cc2)CC1)S(=O)(=O)c1cccnc1. The predicted molar refractivity (Wildman–Crippen MR) is 111 cm³/mol. The van der Waals surface area contributed by atoms with E-state index in [1.54, 1.807) is 0 Å². The van der Waals surface area contributed by atoms with E-state index in [2.05, 4.69) is 4.98 Å². The van der Waals surface area contributed by atoms with Crippen LogP contribution in [0, 0.1) is 0 Å². The molecular formula is C18H21ClN4O5S2. The first-order valence-corrected chi connectivity index (χ1v) is 12.3. The number of carbonyl (C=O) groups is 1. The number of hydrogen-bond donors (Lipinski definition) is 0. The summed E-state index contributed by atoms with van der Waals surface area (Å²) in [6.45, 7) is 0.242. The minimum Gasteiger partial charge on any atom is -0.339 e. The summed E-state index contributed by atoms with van der Waals surface area (Å²) in [5.74, 6) is -0.395. The molecule has 2 aromatic rings. The lowest BCUT2D eigenvalue weighted by molar-refractivity contribution is -0.132. The Bertz CT molecular complexity index is 1100. The van der Waals surface area contributed by atoms with Gasteiger partial charge in [0.25, 0.3) is 0 Å². The highest BCUT2D eigenvalue weighted by Crippen LogP contribution is 2.20. The van der Waals surface area contributed by atoms with E-state index in [-0.39, 0.29) is 42.5 Å². The van der Waals surface area contributed by atoms with Gasteiger partial charge in [-0.15, -0.1) is 0 Å². The summed E-state index contributed by atoms with van der Waals surface area (Å²) in [6.07, 6.45) is 2.68. The molecule has 30 heavy (non-hydrogen) atoms. The maximum absolute atomic E-state index is 12.7. The van der Waals surface area contributed by atoms with Gasteiger partial charge in [0.1, 0.15) is 4.90 Å². The molecule has 3 rings (SSSR count). The fourth-order valence-electron chi connectivity index (χ4n) is 2.99. The van der Waals surface area contributed by atoms with Crippen LogP contribution in [0.2, 0.25) is 5.02 Å². The largest absolute Gasteiger partial charge is 0.339 e. The zero-order chi connectivity index (χ0) is 21.9. The van der Waals surface area contributed by atoms with Crippen molar-refractivity contribution in [3.05, 3.63) is 53.8 Å². The Morgan fingerprint density at radius 3 is 2.23 bits per heavy atom. The molecule has 0 saturated carbocycles. The number of amides is 1. The van der Waals surface area contributed by atoms with Crippen molar-refractivity contribution in [2.75, 3.05) is 39.8 Å². The summed E-state index contributed by atoms with van der Waals surface area (Å²) in [6, 6.07) is 8.80. The number of piperazine rings is 1. The highest BCUT2D eigenvalue weighted by molar-refractivity contribution is 7.89. The number of nitrogens with zero attached hydrogens (tertiary/aromatic N) is 4. The third-order valence-electron chi connectivity index (χ3n) is 4.74. The lowest BCUT2D eigenvalue weighted by Crippen LogP contribution is -2.52. The Labute approximate surface area is 181 Å². The molecule has 1 aromatic carbocycles. The molecule has 0 atom stereocenters. The minimum atomic E-state index is -3.84. The van der Waals surface area contributed by atoms with Crippen molar-refractivity contribution in [1.29, 1.82) is 0 Å². The normalized spacial score (nSPS) is 16.0. The molecular weight excluding hydrogens is 452 g/mol. The van der Waals surface area contributed by atoms with Crippen molar-refractivity contribution in [1.82, 2.24) is 18.5 Å². The standard InChI is InChI=1S/C18H21ClN4O5S2/c1-21(29(25,26)17-3-2-8-20-13-17)14-18(24)22-9-11-23(12-10-22)30(27,28)16-6-4-15(19)5-7-16/h2-8,13H,9-12,14H2,1H3. The van der Waals surface area contributed by atoms with Crippen molar-refractivity contribution >= 4 is 37.6 Å². The lowest BCUT2D eigenvalue weighted by Gasteiger charge is -2.34. The van der Waals surface area contributed by atoms with Crippen molar-refractivity contribution in [3.63, 3.8) is 0 Å². The van der Waals surface area contributed by atoms with Gasteiger partial charge in [0.2, 0.25) is 26.0 Å². The molecule has 1 aromatic heterocycles. The number of carbonyl (C=O) groups excluding carboxylic acids is 1. The second kappa shape index (κ2) is 8.98. The lowest BCUT2D eigenvalue weighted by atomic mass is 10.3. The van der Waals surface area contributed by atoms with Gasteiger partial charge in [-0.05, 0) is 36.4 Å². The van der Waals surface area contributed by atoms with E-state index in [0.29, 0.717) is 5.02 Å². The number of halogens is 1. The summed E-state index contributed by atoms with van der Waals surface area (Å²) in [4.78, 5) is 18.0. The molecule has 12 heteroatoms. The van der Waals surface area contributed by atoms with Gasteiger partial charge in [-0.3, -0.25) is 9.78 Å². The number of pyridine rings is 1. The molecule has 9 nitrogen and oxygen atoms in total. The molecule has 2 heterocycles. The molecule has 0 N–H and O–H groups in total. The Morgan fingerprint density at radius 2 is 1.67 bits per heavy atom. The van der Waals surface area contributed by atoms with Crippen molar-refractivity contribution in [3.8, 4) is 0 Å². The van der Waals surface area contributed by atoms with Crippen LogP contribution in [-0.2, 0) is 24.8 Å². The smallest absolute Gasteiger partial charge is 0.244 e. The maximum Gasteiger partial charge on any atom is 0.244 e. The van der Waals surface area contributed by atoms with E-state index in [1.807, 2.05) is 0 Å². The van der Waals surface area contributed by atoms with Crippen LogP contribution >= 0.6 is 11.6 Å². The van der Waals surface area contributed by atoms with Gasteiger partial charge in [0, 0.05) is 50.6 Å². The maximum atomic E-state index is 12.7. The first-order chi connectivity index (χ1) is 14.1. The van der Waals surface area contributed by atoms with E-state index in [9.17, 15) is 21.6 Å². The van der Waals surface area contributed by atoms with Crippen LogP contribution in [0.4, 0.5) is 0 Å². The first kappa shape index (κ1) is 22.6. The van der Waals surface area contributed by atoms with E-state index >= 15 is 0 Å². The van der Waals surface area contributed by atoms with Crippen LogP contribution < -0.4 is 0 Å². The molecule has 1 amide bonds. The molecule has 0 radical (unpaired) electrons. The highest BCUT2D eigenvalue weighted by Gasteiger charge is 2.31. The summed E-state index contributed by atoms with van der Waals surface area (Å²) in [7, 11) is -6.21. The molecule has 0 aliphatic carbocycles. The Kier molecular flexibility index (Phi) is 6.78. The van der Waals surface area contributed by atoms with Crippen LogP contribution in [-0.4, -0.2) is 81.0 Å². The fourth-order valence-corrected chi connectivity index (χ4v) is 5.62. The quantitative estimate of drug-likeness (QED) is 0.617. The summed E-state index contributed by atoms with van der Waals surface area (Å²) < 4.78 is 52.8. The molecule has 162 valence electrons. The van der Waals surface area contributed by atoms with Gasteiger partial charge in [0.15, 0.2) is 0 Å². The second-order valence-corrected chi connectivity index (χ2v) is 11.1. The summed E-state index contributed by atoms with van der Waals surface area (Å²) >= 11 is 5.81. The molecule has 1 aliphatic rings. The third-order valence-corrected chi connectivity index (χ3v) is 8.70. The van der Waals surface area contributed by atoms with E-state index in [1.165, 1.54) is 65.0 Å². The average Bonchev–Trinajstić information content (AvgIpc) is 2.74. The number of rotatable bonds is 6. The third kappa shape index (κ3) is 4.81. The summed E-state index contributed by atoms with van der Waals surface area (Å²) in [5, 5.41) is 0.440. The molecule has 0 unspecified atom stereocenters. The van der Waals surface area contributed by atoms with Gasteiger partial charge < -0.3 is 4.90 Å². The van der Waals surface area contributed by atoms with Gasteiger partial charge in [0.05, 0.1) is 11.4 Å². The van der Waals surface area contributed by atoms with Gasteiger partial charge in [-0.25, -0.2) is 16.8 Å². The van der Waals surface area contributed by atoms with E-state index in [4.69, 9.17) is 11.6 Å². The topological polar surface area (TPSA) is 108 Å². The monoisotopic (exact) mass is 472 g/mol. The van der Waals surface area contributed by atoms with Gasteiger partial charge in [-0.1, -0.05) is 11.6 Å². The molecule has 1 aliphatic heterocycles. The molecule has 0 bridgehead atoms. The zero-order valence-corrected chi connectivity index (χ0v) is 18.6. The van der Waals surface area contributed by atoms with Gasteiger partial charge in [-0.2, -0.15) is 8.61 Å². The van der Waals surface area contributed by atoms with Gasteiger partial charge >= 0.3 is 0 Å². The minimum absolute atomic E-state index is 0.000762. The number of sulfonamides is 2. The number of aromatic nitrogens is 1. The fraction of sp³-hybridized carbons (Fsp3) is 0.333. The molecule has 0 spiro atoms. The van der Waals surface area contributed by atoms with Crippen LogP contribution in [0.3, 0.4) is 0 Å². The van der Waals surface area contributed by atoms with Crippen LogP contribution in [0.1, 0.15) is 0 Å². The van der Waals surface area contributed by atoms with Crippen LogP contribution in [0.5, 0.6) is 0 Å². The average molecular weight is 473 g/mol. The van der Waals surface area contributed by atoms with Crippen molar-refractivity contribution in [2.24, 2.45) is 0 Å². The van der Waals surface area contributed by atoms with Crippen LogP contribution in [0.15, 0.2) is 58.6 Å². The highest BCUT2D eigenvalue weighted by atomic mass is 35.5. The van der Waals surface area contributed by atoms with E-state index < -0.39 is 26.0 Å². The molecule has 1 saturated heterocycles. The Morgan fingerprint density at radius 1 is 1.03 bits per heavy atom. The van der Waals surface area contributed by atoms with Crippen molar-refractivity contribution < 1.29 is 21.6 Å². The Hall–Kier alpha value is -2.05. The Balaban J connectivity index is 1.61. The van der Waals surface area contributed by atoms with Crippen molar-refractivity contribution in [2.45, 2.75) is 9.79 Å². The number of likely N-dealkylation sites (N-methyl/N-ethyl adjacent to an activating group) is 1. The number of hydrogen-bond acceptors (Lipinski definition) is 6. The number of benzene rings is 1. The summed E-state index contributed by atoms with van der Waals surface area (Å²) in [5.41, 5.74) is 0. The second-order valence-electron chi connectivity index (χ2n) is 6.69. The van der Waals surface area contributed by atoms with Crippen LogP contribution in [0.25, 0.3) is 0 Å². The molecule has 1 fully saturated rings. The zero-order valence-electron chi connectivity index (χ0n) is 16.2.